The summed E-state index contributed by atoms with van der Waals surface area (Å²) < 4.78 is 19.1. The zero-order valence-corrected chi connectivity index (χ0v) is 16.8. The van der Waals surface area contributed by atoms with E-state index in [9.17, 15) is 0 Å². The van der Waals surface area contributed by atoms with Gasteiger partial charge in [-0.2, -0.15) is 0 Å². The van der Waals surface area contributed by atoms with Crippen molar-refractivity contribution in [2.24, 2.45) is 23.7 Å². The first-order chi connectivity index (χ1) is 11.1. The summed E-state index contributed by atoms with van der Waals surface area (Å²) in [5.74, 6) is 0.934. The maximum atomic E-state index is 6.42. The highest BCUT2D eigenvalue weighted by Gasteiger charge is 2.69. The van der Waals surface area contributed by atoms with Crippen LogP contribution in [0.1, 0.15) is 46.5 Å². The predicted molar refractivity (Wildman–Crippen MR) is 91.3 cm³/mol. The van der Waals surface area contributed by atoms with E-state index in [0.717, 1.165) is 19.3 Å². The van der Waals surface area contributed by atoms with Crippen LogP contribution < -0.4 is 0 Å². The van der Waals surface area contributed by atoms with E-state index < -0.39 is 26.0 Å². The molecule has 5 fully saturated rings. The second kappa shape index (κ2) is 5.51. The maximum absolute atomic E-state index is 6.42. The fraction of sp³-hybridized carbons (Fsp3) is 1.00. The highest BCUT2D eigenvalue weighted by Crippen LogP contribution is 2.60. The SMILES string of the molecule is C[C@@H]1CC[C@H]2[C@@H](C)C(O[Si](C)(C)C)O[C@@H]3O[C@]4(C)CC[C@@H]1[C@]32OO4. The molecule has 5 aliphatic rings. The van der Waals surface area contributed by atoms with Gasteiger partial charge in [0.05, 0.1) is 0 Å². The van der Waals surface area contributed by atoms with Gasteiger partial charge in [-0.1, -0.05) is 13.8 Å². The van der Waals surface area contributed by atoms with E-state index in [2.05, 4.69) is 33.5 Å². The normalized spacial score (nSPS) is 54.2. The van der Waals surface area contributed by atoms with Crippen molar-refractivity contribution >= 4 is 8.32 Å². The topological polar surface area (TPSA) is 46.2 Å². The van der Waals surface area contributed by atoms with Crippen molar-refractivity contribution in [3.8, 4) is 0 Å². The standard InChI is InChI=1S/C18H32O5Si/c1-11-7-8-14-12(2)15(21-24(4,5)6)19-16-18(14)13(11)9-10-17(3,20-16)22-23-18/h11-16H,7-10H2,1-6H3/t11-,12-,13+,14+,15?,16-,17+,18-/m1/s1. The molecular weight excluding hydrogens is 324 g/mol. The van der Waals surface area contributed by atoms with Crippen molar-refractivity contribution < 1.29 is 23.7 Å². The van der Waals surface area contributed by atoms with Crippen molar-refractivity contribution in [3.63, 3.8) is 0 Å². The van der Waals surface area contributed by atoms with Crippen LogP contribution in [0.15, 0.2) is 0 Å². The number of fused-ring (bicyclic) bond motifs is 2. The molecule has 5 rings (SSSR count). The number of hydrogen-bond acceptors (Lipinski definition) is 5. The Balaban J connectivity index is 1.72. The van der Waals surface area contributed by atoms with Gasteiger partial charge in [0.15, 0.2) is 26.5 Å². The van der Waals surface area contributed by atoms with Crippen molar-refractivity contribution in [1.29, 1.82) is 0 Å². The Morgan fingerprint density at radius 3 is 2.46 bits per heavy atom. The van der Waals surface area contributed by atoms with Crippen LogP contribution in [0.3, 0.4) is 0 Å². The van der Waals surface area contributed by atoms with Crippen molar-refractivity contribution in [3.05, 3.63) is 0 Å². The zero-order valence-electron chi connectivity index (χ0n) is 15.8. The quantitative estimate of drug-likeness (QED) is 0.552. The van der Waals surface area contributed by atoms with Crippen LogP contribution in [0.2, 0.25) is 19.6 Å². The predicted octanol–water partition coefficient (Wildman–Crippen LogP) is 4.05. The third-order valence-corrected chi connectivity index (χ3v) is 7.51. The Labute approximate surface area is 146 Å². The molecule has 0 aromatic carbocycles. The molecule has 4 aliphatic heterocycles. The van der Waals surface area contributed by atoms with E-state index in [1.54, 1.807) is 0 Å². The summed E-state index contributed by atoms with van der Waals surface area (Å²) in [5.41, 5.74) is -0.480. The highest BCUT2D eigenvalue weighted by atomic mass is 28.4. The molecule has 8 atom stereocenters. The molecule has 5 nitrogen and oxygen atoms in total. The molecule has 0 aromatic rings. The lowest BCUT2D eigenvalue weighted by molar-refractivity contribution is -0.576. The minimum atomic E-state index is -1.71. The molecule has 0 aromatic heterocycles. The molecule has 1 unspecified atom stereocenters. The van der Waals surface area contributed by atoms with Gasteiger partial charge < -0.3 is 13.9 Å². The Morgan fingerprint density at radius 1 is 1.00 bits per heavy atom. The van der Waals surface area contributed by atoms with Crippen molar-refractivity contribution in [2.45, 2.75) is 90.1 Å². The summed E-state index contributed by atoms with van der Waals surface area (Å²) >= 11 is 0. The van der Waals surface area contributed by atoms with E-state index in [1.807, 2.05) is 6.92 Å². The minimum absolute atomic E-state index is 0.210. The molecule has 2 bridgehead atoms. The van der Waals surface area contributed by atoms with Gasteiger partial charge in [0.2, 0.25) is 5.79 Å². The molecule has 138 valence electrons. The van der Waals surface area contributed by atoms with Crippen LogP contribution in [0.5, 0.6) is 0 Å². The third-order valence-electron chi connectivity index (χ3n) is 6.57. The molecule has 1 aliphatic carbocycles. The van der Waals surface area contributed by atoms with Gasteiger partial charge >= 0.3 is 0 Å². The molecule has 4 heterocycles. The van der Waals surface area contributed by atoms with E-state index in [0.29, 0.717) is 17.8 Å². The van der Waals surface area contributed by atoms with Gasteiger partial charge in [0.25, 0.3) is 0 Å². The van der Waals surface area contributed by atoms with Gasteiger partial charge in [-0.3, -0.25) is 0 Å². The van der Waals surface area contributed by atoms with Crippen molar-refractivity contribution in [2.75, 3.05) is 0 Å². The van der Waals surface area contributed by atoms with Gasteiger partial charge in [0.1, 0.15) is 0 Å². The lowest BCUT2D eigenvalue weighted by Crippen LogP contribution is -2.70. The van der Waals surface area contributed by atoms with E-state index in [-0.39, 0.29) is 12.2 Å². The average Bonchev–Trinajstić information content (AvgIpc) is 2.69. The summed E-state index contributed by atoms with van der Waals surface area (Å²) in [7, 11) is -1.71. The summed E-state index contributed by atoms with van der Waals surface area (Å²) in [4.78, 5) is 12.0. The van der Waals surface area contributed by atoms with E-state index in [1.165, 1.54) is 6.42 Å². The van der Waals surface area contributed by atoms with Crippen LogP contribution in [0.25, 0.3) is 0 Å². The fourth-order valence-corrected chi connectivity index (χ4v) is 6.32. The zero-order chi connectivity index (χ0) is 17.3. The van der Waals surface area contributed by atoms with Crippen LogP contribution >= 0.6 is 0 Å². The first-order valence-electron chi connectivity index (χ1n) is 9.52. The number of ether oxygens (including phenoxy) is 2. The average molecular weight is 357 g/mol. The molecule has 6 heteroatoms. The summed E-state index contributed by atoms with van der Waals surface area (Å²) in [6, 6.07) is 0. The Bertz CT molecular complexity index is 508. The maximum Gasteiger partial charge on any atom is 0.201 e. The third kappa shape index (κ3) is 2.53. The van der Waals surface area contributed by atoms with Crippen molar-refractivity contribution in [1.82, 2.24) is 0 Å². The minimum Gasteiger partial charge on any atom is -0.393 e. The second-order valence-electron chi connectivity index (χ2n) is 9.50. The first-order valence-corrected chi connectivity index (χ1v) is 12.9. The molecule has 4 saturated heterocycles. The smallest absolute Gasteiger partial charge is 0.201 e. The molecule has 0 amide bonds. The number of rotatable bonds is 2. The van der Waals surface area contributed by atoms with Gasteiger partial charge in [-0.25, -0.2) is 9.78 Å². The molecular formula is C18H32O5Si. The molecule has 0 radical (unpaired) electrons. The Kier molecular flexibility index (Phi) is 4.00. The summed E-state index contributed by atoms with van der Waals surface area (Å²) in [6.45, 7) is 13.2. The molecule has 0 N–H and O–H groups in total. The van der Waals surface area contributed by atoms with Crippen LogP contribution in [0, 0.1) is 23.7 Å². The largest absolute Gasteiger partial charge is 0.393 e. The Hall–Kier alpha value is 0.0169. The second-order valence-corrected chi connectivity index (χ2v) is 14.0. The lowest BCUT2D eigenvalue weighted by atomic mass is 9.58. The van der Waals surface area contributed by atoms with E-state index >= 15 is 0 Å². The summed E-state index contributed by atoms with van der Waals surface area (Å²) in [6.07, 6.45) is 3.67. The lowest BCUT2D eigenvalue weighted by Gasteiger charge is -2.60. The highest BCUT2D eigenvalue weighted by molar-refractivity contribution is 6.69. The van der Waals surface area contributed by atoms with Gasteiger partial charge in [-0.05, 0) is 57.7 Å². The Morgan fingerprint density at radius 2 is 1.75 bits per heavy atom. The molecule has 1 spiro atoms. The molecule has 1 saturated carbocycles. The van der Waals surface area contributed by atoms with Gasteiger partial charge in [-0.15, -0.1) is 0 Å². The molecule has 24 heavy (non-hydrogen) atoms. The van der Waals surface area contributed by atoms with Gasteiger partial charge in [0, 0.05) is 18.3 Å². The van der Waals surface area contributed by atoms with Crippen LogP contribution in [-0.4, -0.2) is 32.3 Å². The van der Waals surface area contributed by atoms with Crippen LogP contribution in [0.4, 0.5) is 0 Å². The first kappa shape index (κ1) is 17.4. The number of hydrogen-bond donors (Lipinski definition) is 0. The van der Waals surface area contributed by atoms with E-state index in [4.69, 9.17) is 23.7 Å². The summed E-state index contributed by atoms with van der Waals surface area (Å²) in [5, 5.41) is 0. The fourth-order valence-electron chi connectivity index (χ4n) is 5.36. The monoisotopic (exact) mass is 356 g/mol. The van der Waals surface area contributed by atoms with Crippen LogP contribution in [-0.2, 0) is 23.7 Å².